The quantitative estimate of drug-likeness (QED) is 0.790. The van der Waals surface area contributed by atoms with Crippen molar-refractivity contribution in [2.24, 2.45) is 11.5 Å². The molecule has 1 aromatic heterocycles. The third-order valence-corrected chi connectivity index (χ3v) is 2.28. The molecule has 0 fully saturated rings. The van der Waals surface area contributed by atoms with Crippen LogP contribution in [0, 0.1) is 0 Å². The number of primary amides is 1. The fourth-order valence-corrected chi connectivity index (χ4v) is 1.42. The second-order valence-corrected chi connectivity index (χ2v) is 3.52. The van der Waals surface area contributed by atoms with Crippen LogP contribution in [0.25, 0.3) is 11.5 Å². The Bertz CT molecular complexity index is 519. The smallest absolute Gasteiger partial charge is 0.290 e. The van der Waals surface area contributed by atoms with E-state index in [4.69, 9.17) is 16.0 Å². The molecule has 0 saturated heterocycles. The van der Waals surface area contributed by atoms with Gasteiger partial charge in [0, 0.05) is 5.56 Å². The van der Waals surface area contributed by atoms with E-state index in [1.165, 1.54) is 0 Å². The van der Waals surface area contributed by atoms with Gasteiger partial charge in [0.05, 0.1) is 0 Å². The van der Waals surface area contributed by atoms with E-state index in [2.05, 4.69) is 10.1 Å². The van der Waals surface area contributed by atoms with E-state index in [1.807, 2.05) is 24.3 Å². The molecule has 17 heavy (non-hydrogen) atoms. The summed E-state index contributed by atoms with van der Waals surface area (Å²) in [6.45, 7) is 0.603. The number of amides is 1. The molecule has 0 bridgehead atoms. The Morgan fingerprint density at radius 1 is 1.29 bits per heavy atom. The average molecular weight is 232 g/mol. The fraction of sp³-hybridized carbons (Fsp3) is 0.182. The molecule has 0 aliphatic rings. The van der Waals surface area contributed by atoms with E-state index in [0.29, 0.717) is 6.54 Å². The van der Waals surface area contributed by atoms with Gasteiger partial charge in [-0.3, -0.25) is 4.79 Å². The van der Waals surface area contributed by atoms with Crippen molar-refractivity contribution in [3.8, 4) is 11.5 Å². The van der Waals surface area contributed by atoms with Gasteiger partial charge in [0.25, 0.3) is 17.6 Å². The van der Waals surface area contributed by atoms with Gasteiger partial charge >= 0.3 is 0 Å². The Hall–Kier alpha value is -2.21. The molecule has 1 aromatic carbocycles. The number of benzene rings is 1. The van der Waals surface area contributed by atoms with Crippen LogP contribution in [0.15, 0.2) is 28.8 Å². The first-order valence-electron chi connectivity index (χ1n) is 5.13. The summed E-state index contributed by atoms with van der Waals surface area (Å²) >= 11 is 0. The lowest BCUT2D eigenvalue weighted by atomic mass is 10.1. The summed E-state index contributed by atoms with van der Waals surface area (Å²) in [6.07, 6.45) is 0.816. The average Bonchev–Trinajstić information content (AvgIpc) is 2.80. The number of nitrogens with zero attached hydrogens (tertiary/aromatic N) is 2. The van der Waals surface area contributed by atoms with Crippen molar-refractivity contribution in [1.29, 1.82) is 0 Å². The van der Waals surface area contributed by atoms with Crippen molar-refractivity contribution < 1.29 is 9.32 Å². The van der Waals surface area contributed by atoms with E-state index in [-0.39, 0.29) is 11.7 Å². The molecule has 2 aromatic rings. The molecule has 4 N–H and O–H groups in total. The van der Waals surface area contributed by atoms with Gasteiger partial charge in [-0.15, -0.1) is 0 Å². The van der Waals surface area contributed by atoms with Crippen molar-refractivity contribution in [2.45, 2.75) is 6.42 Å². The summed E-state index contributed by atoms with van der Waals surface area (Å²) in [4.78, 5) is 14.7. The highest BCUT2D eigenvalue weighted by molar-refractivity contribution is 5.88. The van der Waals surface area contributed by atoms with Gasteiger partial charge in [-0.1, -0.05) is 17.3 Å². The third-order valence-electron chi connectivity index (χ3n) is 2.28. The topological polar surface area (TPSA) is 108 Å². The lowest BCUT2D eigenvalue weighted by molar-refractivity contribution is 0.0987. The first kappa shape index (κ1) is 11.3. The number of carbonyl (C=O) groups excluding carboxylic acids is 1. The maximum absolute atomic E-state index is 10.8. The molecule has 0 saturated carbocycles. The van der Waals surface area contributed by atoms with Crippen LogP contribution < -0.4 is 11.5 Å². The van der Waals surface area contributed by atoms with Crippen molar-refractivity contribution >= 4 is 5.91 Å². The van der Waals surface area contributed by atoms with Crippen LogP contribution >= 0.6 is 0 Å². The minimum absolute atomic E-state index is 0.119. The predicted molar refractivity (Wildman–Crippen MR) is 61.0 cm³/mol. The molecule has 0 aliphatic carbocycles. The molecule has 0 radical (unpaired) electrons. The maximum Gasteiger partial charge on any atom is 0.290 e. The lowest BCUT2D eigenvalue weighted by Crippen LogP contribution is -2.12. The molecular weight excluding hydrogens is 220 g/mol. The highest BCUT2D eigenvalue weighted by atomic mass is 16.5. The van der Waals surface area contributed by atoms with Crippen molar-refractivity contribution in [3.63, 3.8) is 0 Å². The number of rotatable bonds is 4. The predicted octanol–water partition coefficient (Wildman–Crippen LogP) is 0.337. The standard InChI is InChI=1S/C11H12N4O2/c12-6-5-7-1-3-8(4-2-7)11-14-10(9(13)16)15-17-11/h1-4H,5-6,12H2,(H2,13,16). The number of carbonyl (C=O) groups is 1. The Kier molecular flexibility index (Phi) is 3.15. The Labute approximate surface area is 97.6 Å². The van der Waals surface area contributed by atoms with Crippen LogP contribution in [-0.4, -0.2) is 22.6 Å². The second kappa shape index (κ2) is 4.75. The molecular formula is C11H12N4O2. The highest BCUT2D eigenvalue weighted by Crippen LogP contribution is 2.17. The summed E-state index contributed by atoms with van der Waals surface area (Å²) in [7, 11) is 0. The summed E-state index contributed by atoms with van der Waals surface area (Å²) in [5.74, 6) is -0.552. The Balaban J connectivity index is 2.23. The first-order chi connectivity index (χ1) is 8.20. The number of hydrogen-bond acceptors (Lipinski definition) is 5. The molecule has 6 heteroatoms. The van der Waals surface area contributed by atoms with E-state index in [1.54, 1.807) is 0 Å². The molecule has 2 rings (SSSR count). The molecule has 88 valence electrons. The van der Waals surface area contributed by atoms with Crippen LogP contribution in [0.5, 0.6) is 0 Å². The highest BCUT2D eigenvalue weighted by Gasteiger charge is 2.12. The van der Waals surface area contributed by atoms with E-state index in [9.17, 15) is 4.79 Å². The van der Waals surface area contributed by atoms with Crippen molar-refractivity contribution in [1.82, 2.24) is 10.1 Å². The lowest BCUT2D eigenvalue weighted by Gasteiger charge is -1.98. The molecule has 6 nitrogen and oxygen atoms in total. The van der Waals surface area contributed by atoms with Crippen LogP contribution in [0.1, 0.15) is 16.2 Å². The van der Waals surface area contributed by atoms with Crippen LogP contribution in [0.2, 0.25) is 0 Å². The van der Waals surface area contributed by atoms with Crippen LogP contribution in [0.3, 0.4) is 0 Å². The zero-order valence-corrected chi connectivity index (χ0v) is 9.09. The zero-order valence-electron chi connectivity index (χ0n) is 9.09. The van der Waals surface area contributed by atoms with Gasteiger partial charge in [0.2, 0.25) is 0 Å². The minimum Gasteiger partial charge on any atom is -0.363 e. The first-order valence-corrected chi connectivity index (χ1v) is 5.13. The molecule has 1 amide bonds. The van der Waals surface area contributed by atoms with Crippen LogP contribution in [0.4, 0.5) is 0 Å². The summed E-state index contributed by atoms with van der Waals surface area (Å²) in [6, 6.07) is 7.53. The molecule has 0 aliphatic heterocycles. The third kappa shape index (κ3) is 2.48. The van der Waals surface area contributed by atoms with Gasteiger partial charge in [-0.05, 0) is 30.7 Å². The van der Waals surface area contributed by atoms with Gasteiger partial charge in [0.1, 0.15) is 0 Å². The monoisotopic (exact) mass is 232 g/mol. The van der Waals surface area contributed by atoms with Gasteiger partial charge in [0.15, 0.2) is 0 Å². The van der Waals surface area contributed by atoms with Gasteiger partial charge in [-0.2, -0.15) is 4.98 Å². The van der Waals surface area contributed by atoms with Crippen molar-refractivity contribution in [3.05, 3.63) is 35.7 Å². The summed E-state index contributed by atoms with van der Waals surface area (Å²) < 4.78 is 4.93. The van der Waals surface area contributed by atoms with E-state index >= 15 is 0 Å². The fourth-order valence-electron chi connectivity index (χ4n) is 1.42. The van der Waals surface area contributed by atoms with E-state index < -0.39 is 5.91 Å². The van der Waals surface area contributed by atoms with Crippen LogP contribution in [-0.2, 0) is 6.42 Å². The number of hydrogen-bond donors (Lipinski definition) is 2. The summed E-state index contributed by atoms with van der Waals surface area (Å²) in [5.41, 5.74) is 12.4. The molecule has 0 unspecified atom stereocenters. The van der Waals surface area contributed by atoms with Gasteiger partial charge < -0.3 is 16.0 Å². The number of nitrogens with two attached hydrogens (primary N) is 2. The number of aromatic nitrogens is 2. The maximum atomic E-state index is 10.8. The zero-order chi connectivity index (χ0) is 12.3. The SMILES string of the molecule is NCCc1ccc(-c2nc(C(N)=O)no2)cc1. The van der Waals surface area contributed by atoms with Gasteiger partial charge in [-0.25, -0.2) is 0 Å². The Morgan fingerprint density at radius 3 is 2.53 bits per heavy atom. The minimum atomic E-state index is -0.709. The second-order valence-electron chi connectivity index (χ2n) is 3.52. The molecule has 0 atom stereocenters. The van der Waals surface area contributed by atoms with Crippen molar-refractivity contribution in [2.75, 3.05) is 6.54 Å². The van der Waals surface area contributed by atoms with E-state index in [0.717, 1.165) is 17.5 Å². The molecule has 0 spiro atoms. The molecule has 1 heterocycles. The Morgan fingerprint density at radius 2 is 2.00 bits per heavy atom. The largest absolute Gasteiger partial charge is 0.363 e. The summed E-state index contributed by atoms with van der Waals surface area (Å²) in [5, 5.41) is 3.47. The normalized spacial score (nSPS) is 10.4.